The van der Waals surface area contributed by atoms with Gasteiger partial charge in [0.2, 0.25) is 0 Å². The summed E-state index contributed by atoms with van der Waals surface area (Å²) in [6.07, 6.45) is 1.49. The number of hydrogen-bond acceptors (Lipinski definition) is 14. The van der Waals surface area contributed by atoms with Gasteiger partial charge in [-0.2, -0.15) is 0 Å². The molecule has 358 valence electrons. The Kier molecular flexibility index (Phi) is 14.6. The SMILES string of the molecule is COC1CCC(OC2C(C)C(CC3OCC4(OC(C)(C5CCC(C6CCC(C7OC(C)CC(C)C7(C)O)O6)O5)C(OC)C4C)C(C)C3OC)OC(O)(C(C)C(=O)O)C2C)OC1C. The smallest absolute Gasteiger partial charge is 0.311 e. The molecule has 24 atom stereocenters. The molecular formula is C47H80O15. The summed E-state index contributed by atoms with van der Waals surface area (Å²) in [6, 6.07) is 0. The monoisotopic (exact) mass is 885 g/mol. The van der Waals surface area contributed by atoms with Crippen molar-refractivity contribution in [3.8, 4) is 0 Å². The predicted octanol–water partition coefficient (Wildman–Crippen LogP) is 5.27. The third-order valence-corrected chi connectivity index (χ3v) is 17.3. The average Bonchev–Trinajstić information content (AvgIpc) is 3.97. The van der Waals surface area contributed by atoms with Gasteiger partial charge in [0, 0.05) is 57.8 Å². The molecule has 7 aliphatic heterocycles. The van der Waals surface area contributed by atoms with Gasteiger partial charge >= 0.3 is 5.97 Å². The zero-order chi connectivity index (χ0) is 45.3. The lowest BCUT2D eigenvalue weighted by atomic mass is 9.70. The molecule has 7 aliphatic rings. The van der Waals surface area contributed by atoms with Gasteiger partial charge in [-0.25, -0.2) is 0 Å². The molecule has 0 aromatic heterocycles. The Morgan fingerprint density at radius 3 is 2.08 bits per heavy atom. The van der Waals surface area contributed by atoms with Crippen LogP contribution in [0.1, 0.15) is 121 Å². The molecule has 0 aromatic rings. The first-order valence-electron chi connectivity index (χ1n) is 23.7. The van der Waals surface area contributed by atoms with Crippen LogP contribution in [-0.2, 0) is 56.9 Å². The summed E-state index contributed by atoms with van der Waals surface area (Å²) in [5.74, 6) is -5.53. The maximum absolute atomic E-state index is 12.4. The number of rotatable bonds is 12. The van der Waals surface area contributed by atoms with Crippen LogP contribution in [0.3, 0.4) is 0 Å². The first-order valence-corrected chi connectivity index (χ1v) is 23.7. The van der Waals surface area contributed by atoms with Crippen molar-refractivity contribution < 1.29 is 72.2 Å². The molecule has 3 N–H and O–H groups in total. The molecule has 0 aliphatic carbocycles. The summed E-state index contributed by atoms with van der Waals surface area (Å²) in [4.78, 5) is 12.4. The first kappa shape index (κ1) is 48.9. The number of aliphatic carboxylic acids is 1. The second-order valence-electron chi connectivity index (χ2n) is 20.9. The van der Waals surface area contributed by atoms with Gasteiger partial charge < -0.3 is 67.4 Å². The Morgan fingerprint density at radius 1 is 0.758 bits per heavy atom. The zero-order valence-corrected chi connectivity index (χ0v) is 39.7. The van der Waals surface area contributed by atoms with Crippen LogP contribution in [0.5, 0.6) is 0 Å². The van der Waals surface area contributed by atoms with Crippen LogP contribution in [0.4, 0.5) is 0 Å². The van der Waals surface area contributed by atoms with Crippen LogP contribution in [0.25, 0.3) is 0 Å². The van der Waals surface area contributed by atoms with Crippen LogP contribution >= 0.6 is 0 Å². The van der Waals surface area contributed by atoms with E-state index >= 15 is 0 Å². The molecular weight excluding hydrogens is 805 g/mol. The first-order chi connectivity index (χ1) is 29.2. The second-order valence-corrected chi connectivity index (χ2v) is 20.9. The number of hydrogen-bond donors (Lipinski definition) is 3. The highest BCUT2D eigenvalue weighted by atomic mass is 16.7. The van der Waals surface area contributed by atoms with Crippen molar-refractivity contribution in [1.29, 1.82) is 0 Å². The van der Waals surface area contributed by atoms with E-state index in [0.717, 1.165) is 38.5 Å². The van der Waals surface area contributed by atoms with Crippen LogP contribution < -0.4 is 0 Å². The molecule has 15 nitrogen and oxygen atoms in total. The zero-order valence-electron chi connectivity index (χ0n) is 39.7. The van der Waals surface area contributed by atoms with Crippen molar-refractivity contribution in [1.82, 2.24) is 0 Å². The number of carboxylic acid groups (broad SMARTS) is 1. The lowest BCUT2D eigenvalue weighted by Crippen LogP contribution is -2.64. The highest BCUT2D eigenvalue weighted by molar-refractivity contribution is 5.70. The molecule has 7 heterocycles. The minimum absolute atomic E-state index is 0.0443. The van der Waals surface area contributed by atoms with Crippen molar-refractivity contribution >= 4 is 5.97 Å². The minimum atomic E-state index is -2.02. The largest absolute Gasteiger partial charge is 0.481 e. The van der Waals surface area contributed by atoms with E-state index in [0.29, 0.717) is 12.8 Å². The number of ether oxygens (including phenoxy) is 11. The second kappa shape index (κ2) is 18.6. The maximum Gasteiger partial charge on any atom is 0.311 e. The van der Waals surface area contributed by atoms with Crippen LogP contribution in [0.2, 0.25) is 0 Å². The van der Waals surface area contributed by atoms with Gasteiger partial charge in [-0.1, -0.05) is 34.6 Å². The van der Waals surface area contributed by atoms with E-state index < -0.39 is 77.2 Å². The molecule has 1 spiro atoms. The van der Waals surface area contributed by atoms with Crippen LogP contribution in [0.15, 0.2) is 0 Å². The normalized spacial score (nSPS) is 54.2. The summed E-state index contributed by atoms with van der Waals surface area (Å²) in [5.41, 5.74) is -2.56. The highest BCUT2D eigenvalue weighted by Gasteiger charge is 2.68. The third-order valence-electron chi connectivity index (χ3n) is 17.3. The molecule has 7 fully saturated rings. The van der Waals surface area contributed by atoms with Gasteiger partial charge in [-0.15, -0.1) is 0 Å². The molecule has 0 bridgehead atoms. The quantitative estimate of drug-likeness (QED) is 0.231. The Hall–Kier alpha value is -1.05. The van der Waals surface area contributed by atoms with Crippen molar-refractivity contribution in [2.45, 2.75) is 229 Å². The Labute approximate surface area is 369 Å². The fourth-order valence-corrected chi connectivity index (χ4v) is 13.0. The number of methoxy groups -OCH3 is 3. The lowest BCUT2D eigenvalue weighted by molar-refractivity contribution is -0.361. The molecule has 62 heavy (non-hydrogen) atoms. The van der Waals surface area contributed by atoms with Crippen molar-refractivity contribution in [2.24, 2.45) is 35.5 Å². The van der Waals surface area contributed by atoms with E-state index in [1.165, 1.54) is 6.92 Å². The fourth-order valence-electron chi connectivity index (χ4n) is 13.0. The number of carboxylic acids is 1. The Balaban J connectivity index is 1.04. The summed E-state index contributed by atoms with van der Waals surface area (Å²) in [5, 5.41) is 33.7. The standard InChI is InChI=1S/C47H80O15/c1-23-20-24(2)56-42(44(23,9)50)34-15-14-32(58-34)33-16-18-37(59-33)45(10)41(54-13)28(6)46(62-45)22-55-36(40(53-12)26(46)4)21-35-25(3)39(27(5)47(51,61-35)29(7)43(48)49)60-38-19-17-31(52-11)30(8)57-38/h23-42,50-51H,14-22H2,1-13H3,(H,48,49). The van der Waals surface area contributed by atoms with Gasteiger partial charge in [0.25, 0.3) is 0 Å². The Morgan fingerprint density at radius 2 is 1.44 bits per heavy atom. The molecule has 0 radical (unpaired) electrons. The van der Waals surface area contributed by atoms with Gasteiger partial charge in [-0.3, -0.25) is 4.79 Å². The summed E-state index contributed by atoms with van der Waals surface area (Å²) >= 11 is 0. The summed E-state index contributed by atoms with van der Waals surface area (Å²) < 4.78 is 71.7. The topological polar surface area (TPSA) is 179 Å². The molecule has 7 rings (SSSR count). The van der Waals surface area contributed by atoms with Crippen molar-refractivity contribution in [3.05, 3.63) is 0 Å². The number of carbonyl (C=O) groups is 1. The fraction of sp³-hybridized carbons (Fsp3) is 0.979. The molecule has 0 amide bonds. The van der Waals surface area contributed by atoms with Crippen LogP contribution in [0, 0.1) is 35.5 Å². The van der Waals surface area contributed by atoms with Gasteiger partial charge in [0.05, 0.1) is 85.5 Å². The van der Waals surface area contributed by atoms with E-state index in [1.54, 1.807) is 28.3 Å². The molecule has 0 saturated carbocycles. The third kappa shape index (κ3) is 8.46. The molecule has 7 saturated heterocycles. The summed E-state index contributed by atoms with van der Waals surface area (Å²) in [6.45, 7) is 19.9. The summed E-state index contributed by atoms with van der Waals surface area (Å²) in [7, 11) is 5.09. The van der Waals surface area contributed by atoms with Crippen molar-refractivity contribution in [3.63, 3.8) is 0 Å². The van der Waals surface area contributed by atoms with Crippen LogP contribution in [-0.4, -0.2) is 157 Å². The van der Waals surface area contributed by atoms with E-state index in [-0.39, 0.29) is 79.1 Å². The Bertz CT molecular complexity index is 1530. The molecule has 24 unspecified atom stereocenters. The van der Waals surface area contributed by atoms with Gasteiger partial charge in [-0.05, 0) is 79.1 Å². The van der Waals surface area contributed by atoms with Gasteiger partial charge in [0.15, 0.2) is 12.1 Å². The predicted molar refractivity (Wildman–Crippen MR) is 225 cm³/mol. The lowest BCUT2D eigenvalue weighted by Gasteiger charge is -2.54. The van der Waals surface area contributed by atoms with E-state index in [9.17, 15) is 20.1 Å². The maximum atomic E-state index is 12.4. The van der Waals surface area contributed by atoms with E-state index in [4.69, 9.17) is 52.1 Å². The minimum Gasteiger partial charge on any atom is -0.481 e. The number of aliphatic hydroxyl groups is 2. The molecule has 15 heteroatoms. The van der Waals surface area contributed by atoms with Gasteiger partial charge in [0.1, 0.15) is 23.2 Å². The van der Waals surface area contributed by atoms with Crippen molar-refractivity contribution in [2.75, 3.05) is 27.9 Å². The van der Waals surface area contributed by atoms with E-state index in [2.05, 4.69) is 34.6 Å². The van der Waals surface area contributed by atoms with E-state index in [1.807, 2.05) is 20.8 Å². The molecule has 0 aromatic carbocycles. The highest BCUT2D eigenvalue weighted by Crippen LogP contribution is 2.56. The average molecular weight is 885 g/mol.